The van der Waals surface area contributed by atoms with Crippen molar-refractivity contribution in [2.24, 2.45) is 0 Å². The second-order valence-electron chi connectivity index (χ2n) is 4.99. The zero-order chi connectivity index (χ0) is 14.7. The first-order chi connectivity index (χ1) is 8.59. The lowest BCUT2D eigenvalue weighted by Crippen LogP contribution is -2.47. The SMILES string of the molecule is CC(C)(CNc1ccc(C(=O)O)cc1)NS(C)(=O)=O. The summed E-state index contributed by atoms with van der Waals surface area (Å²) in [6, 6.07) is 6.25. The Morgan fingerprint density at radius 1 is 1.26 bits per heavy atom. The summed E-state index contributed by atoms with van der Waals surface area (Å²) in [5.41, 5.74) is 0.298. The summed E-state index contributed by atoms with van der Waals surface area (Å²) in [4.78, 5) is 10.7. The van der Waals surface area contributed by atoms with Crippen molar-refractivity contribution in [1.29, 1.82) is 0 Å². The van der Waals surface area contributed by atoms with Gasteiger partial charge in [-0.1, -0.05) is 0 Å². The molecule has 106 valence electrons. The number of sulfonamides is 1. The van der Waals surface area contributed by atoms with E-state index >= 15 is 0 Å². The summed E-state index contributed by atoms with van der Waals surface area (Å²) in [6.45, 7) is 3.89. The fraction of sp³-hybridized carbons (Fsp3) is 0.417. The van der Waals surface area contributed by atoms with Crippen LogP contribution in [0.25, 0.3) is 0 Å². The zero-order valence-corrected chi connectivity index (χ0v) is 11.9. The average molecular weight is 286 g/mol. The molecule has 3 N–H and O–H groups in total. The molecule has 0 heterocycles. The van der Waals surface area contributed by atoms with Crippen LogP contribution < -0.4 is 10.0 Å². The second-order valence-corrected chi connectivity index (χ2v) is 6.74. The minimum absolute atomic E-state index is 0.207. The smallest absolute Gasteiger partial charge is 0.335 e. The molecule has 1 aromatic rings. The Bertz CT molecular complexity index is 550. The van der Waals surface area contributed by atoms with Gasteiger partial charge in [-0.3, -0.25) is 0 Å². The lowest BCUT2D eigenvalue weighted by molar-refractivity contribution is 0.0697. The van der Waals surface area contributed by atoms with E-state index in [4.69, 9.17) is 5.11 Å². The van der Waals surface area contributed by atoms with Gasteiger partial charge in [-0.2, -0.15) is 0 Å². The molecule has 0 aliphatic rings. The van der Waals surface area contributed by atoms with E-state index in [-0.39, 0.29) is 5.56 Å². The highest BCUT2D eigenvalue weighted by Gasteiger charge is 2.21. The number of nitrogens with one attached hydrogen (secondary N) is 2. The maximum absolute atomic E-state index is 11.2. The molecule has 0 atom stereocenters. The normalized spacial score (nSPS) is 12.2. The molecule has 0 saturated heterocycles. The molecule has 0 aliphatic heterocycles. The third-order valence-corrected chi connectivity index (χ3v) is 3.25. The number of anilines is 1. The Balaban J connectivity index is 2.64. The molecule has 1 rings (SSSR count). The van der Waals surface area contributed by atoms with Crippen molar-refractivity contribution in [3.63, 3.8) is 0 Å². The van der Waals surface area contributed by atoms with Crippen LogP contribution >= 0.6 is 0 Å². The number of hydrogen-bond donors (Lipinski definition) is 3. The first-order valence-corrected chi connectivity index (χ1v) is 7.54. The highest BCUT2D eigenvalue weighted by Crippen LogP contribution is 2.12. The van der Waals surface area contributed by atoms with Crippen LogP contribution in [0.5, 0.6) is 0 Å². The second kappa shape index (κ2) is 5.58. The Morgan fingerprint density at radius 2 is 1.79 bits per heavy atom. The third kappa shape index (κ3) is 5.71. The van der Waals surface area contributed by atoms with E-state index in [1.54, 1.807) is 26.0 Å². The van der Waals surface area contributed by atoms with Gasteiger partial charge >= 0.3 is 5.97 Å². The standard InChI is InChI=1S/C12H18N2O4S/c1-12(2,14-19(3,17)18)8-13-10-6-4-9(5-7-10)11(15)16/h4-7,13-14H,8H2,1-3H3,(H,15,16). The Kier molecular flexibility index (Phi) is 4.54. The van der Waals surface area contributed by atoms with Crippen LogP contribution in [0.4, 0.5) is 5.69 Å². The topological polar surface area (TPSA) is 95.5 Å². The van der Waals surface area contributed by atoms with Gasteiger partial charge < -0.3 is 10.4 Å². The molecule has 0 saturated carbocycles. The van der Waals surface area contributed by atoms with E-state index in [2.05, 4.69) is 10.0 Å². The molecule has 0 spiro atoms. The quantitative estimate of drug-likeness (QED) is 0.728. The van der Waals surface area contributed by atoms with Gasteiger partial charge in [-0.15, -0.1) is 0 Å². The molecule has 0 fully saturated rings. The molecular weight excluding hydrogens is 268 g/mol. The lowest BCUT2D eigenvalue weighted by atomic mass is 10.1. The van der Waals surface area contributed by atoms with Crippen LogP contribution in [0, 0.1) is 0 Å². The monoisotopic (exact) mass is 286 g/mol. The molecule has 0 bridgehead atoms. The molecular formula is C12H18N2O4S. The van der Waals surface area contributed by atoms with Gasteiger partial charge in [0.05, 0.1) is 11.8 Å². The molecule has 0 aromatic heterocycles. The average Bonchev–Trinajstić information content (AvgIpc) is 2.24. The fourth-order valence-electron chi connectivity index (χ4n) is 1.59. The maximum atomic E-state index is 11.2. The van der Waals surface area contributed by atoms with Crippen molar-refractivity contribution in [2.45, 2.75) is 19.4 Å². The molecule has 0 amide bonds. The molecule has 0 radical (unpaired) electrons. The summed E-state index contributed by atoms with van der Waals surface area (Å²) in [7, 11) is -3.27. The predicted molar refractivity (Wildman–Crippen MR) is 73.9 cm³/mol. The van der Waals surface area contributed by atoms with Crippen molar-refractivity contribution in [3.05, 3.63) is 29.8 Å². The van der Waals surface area contributed by atoms with E-state index in [1.807, 2.05) is 0 Å². The van der Waals surface area contributed by atoms with E-state index in [1.165, 1.54) is 12.1 Å². The minimum Gasteiger partial charge on any atom is -0.478 e. The Hall–Kier alpha value is -1.60. The highest BCUT2D eigenvalue weighted by molar-refractivity contribution is 7.88. The van der Waals surface area contributed by atoms with Gasteiger partial charge in [0.25, 0.3) is 0 Å². The number of hydrogen-bond acceptors (Lipinski definition) is 4. The van der Waals surface area contributed by atoms with Crippen LogP contribution in [-0.2, 0) is 10.0 Å². The van der Waals surface area contributed by atoms with E-state index in [0.29, 0.717) is 6.54 Å². The fourth-order valence-corrected chi connectivity index (χ4v) is 2.67. The van der Waals surface area contributed by atoms with Crippen LogP contribution in [0.15, 0.2) is 24.3 Å². The van der Waals surface area contributed by atoms with E-state index < -0.39 is 21.5 Å². The van der Waals surface area contributed by atoms with Crippen molar-refractivity contribution in [2.75, 3.05) is 18.1 Å². The molecule has 7 heteroatoms. The van der Waals surface area contributed by atoms with Gasteiger partial charge in [0.2, 0.25) is 10.0 Å². The lowest BCUT2D eigenvalue weighted by Gasteiger charge is -2.25. The van der Waals surface area contributed by atoms with Crippen LogP contribution in [0.3, 0.4) is 0 Å². The first kappa shape index (κ1) is 15.5. The first-order valence-electron chi connectivity index (χ1n) is 5.65. The largest absolute Gasteiger partial charge is 0.478 e. The number of carbonyl (C=O) groups is 1. The third-order valence-electron chi connectivity index (χ3n) is 2.33. The summed E-state index contributed by atoms with van der Waals surface area (Å²) < 4.78 is 24.9. The summed E-state index contributed by atoms with van der Waals surface area (Å²) in [5, 5.41) is 11.8. The zero-order valence-electron chi connectivity index (χ0n) is 11.1. The summed E-state index contributed by atoms with van der Waals surface area (Å²) >= 11 is 0. The molecule has 0 unspecified atom stereocenters. The predicted octanol–water partition coefficient (Wildman–Crippen LogP) is 1.12. The van der Waals surface area contributed by atoms with Gasteiger partial charge in [0.1, 0.15) is 0 Å². The van der Waals surface area contributed by atoms with Gasteiger partial charge in [0.15, 0.2) is 0 Å². The number of aromatic carboxylic acids is 1. The van der Waals surface area contributed by atoms with Gasteiger partial charge in [-0.25, -0.2) is 17.9 Å². The minimum atomic E-state index is -3.27. The molecule has 0 aliphatic carbocycles. The molecule has 1 aromatic carbocycles. The number of rotatable bonds is 6. The molecule has 19 heavy (non-hydrogen) atoms. The van der Waals surface area contributed by atoms with E-state index in [0.717, 1.165) is 11.9 Å². The van der Waals surface area contributed by atoms with E-state index in [9.17, 15) is 13.2 Å². The molecule has 6 nitrogen and oxygen atoms in total. The maximum Gasteiger partial charge on any atom is 0.335 e. The highest BCUT2D eigenvalue weighted by atomic mass is 32.2. The van der Waals surface area contributed by atoms with Gasteiger partial charge in [-0.05, 0) is 38.1 Å². The number of carboxylic acid groups (broad SMARTS) is 1. The Morgan fingerprint density at radius 3 is 2.21 bits per heavy atom. The summed E-state index contributed by atoms with van der Waals surface area (Å²) in [5.74, 6) is -0.981. The van der Waals surface area contributed by atoms with Crippen molar-refractivity contribution in [1.82, 2.24) is 4.72 Å². The summed E-state index contributed by atoms with van der Waals surface area (Å²) in [6.07, 6.45) is 1.11. The number of carboxylic acids is 1. The van der Waals surface area contributed by atoms with Crippen molar-refractivity contribution in [3.8, 4) is 0 Å². The van der Waals surface area contributed by atoms with Crippen LogP contribution in [-0.4, -0.2) is 37.8 Å². The van der Waals surface area contributed by atoms with Crippen LogP contribution in [0.1, 0.15) is 24.2 Å². The van der Waals surface area contributed by atoms with Crippen LogP contribution in [0.2, 0.25) is 0 Å². The van der Waals surface area contributed by atoms with Gasteiger partial charge in [0, 0.05) is 17.8 Å². The Labute approximate surface area is 112 Å². The van der Waals surface area contributed by atoms with Crippen molar-refractivity contribution < 1.29 is 18.3 Å². The number of benzene rings is 1. The van der Waals surface area contributed by atoms with Crippen molar-refractivity contribution >= 4 is 21.7 Å².